The molecule has 1 aromatic heterocycles. The first-order valence-electron chi connectivity index (χ1n) is 10.1. The molecule has 0 radical (unpaired) electrons. The summed E-state index contributed by atoms with van der Waals surface area (Å²) < 4.78 is 14.7. The molecule has 0 amide bonds. The Balaban J connectivity index is 1.56. The summed E-state index contributed by atoms with van der Waals surface area (Å²) in [5.74, 6) is 0.655. The highest BCUT2D eigenvalue weighted by atomic mass is 17.3. The van der Waals surface area contributed by atoms with E-state index in [1.54, 1.807) is 0 Å². The van der Waals surface area contributed by atoms with Gasteiger partial charge in [0, 0.05) is 18.3 Å². The van der Waals surface area contributed by atoms with Gasteiger partial charge in [0.1, 0.15) is 5.69 Å². The number of aromatic nitrogens is 3. The molecule has 27 heavy (non-hydrogen) atoms. The van der Waals surface area contributed by atoms with Crippen molar-refractivity contribution in [1.29, 1.82) is 0 Å². The fourth-order valence-electron chi connectivity index (χ4n) is 5.79. The molecule has 7 nitrogen and oxygen atoms in total. The lowest BCUT2D eigenvalue weighted by Crippen LogP contribution is -2.69. The SMILES string of the molecule is C=C(C)c1cn([C@@H]2O[C@@H]3O[C@@]4(C)CC[C@H]5[C@H](C)CC[C@@H]([C@H]2C)[C@@]35OO4)nn1. The van der Waals surface area contributed by atoms with Crippen LogP contribution in [0.25, 0.3) is 5.57 Å². The Hall–Kier alpha value is -1.28. The number of nitrogens with zero attached hydrogens (tertiary/aromatic N) is 3. The molecule has 0 unspecified atom stereocenters. The fraction of sp³-hybridized carbons (Fsp3) is 0.800. The first-order valence-corrected chi connectivity index (χ1v) is 10.1. The van der Waals surface area contributed by atoms with Crippen LogP contribution in [0.1, 0.15) is 65.3 Å². The zero-order chi connectivity index (χ0) is 19.0. The van der Waals surface area contributed by atoms with Gasteiger partial charge in [-0.1, -0.05) is 25.6 Å². The van der Waals surface area contributed by atoms with Crippen LogP contribution in [0.2, 0.25) is 0 Å². The van der Waals surface area contributed by atoms with E-state index in [2.05, 4.69) is 30.7 Å². The van der Waals surface area contributed by atoms with E-state index in [1.807, 2.05) is 24.7 Å². The van der Waals surface area contributed by atoms with Gasteiger partial charge >= 0.3 is 0 Å². The molecule has 148 valence electrons. The standard InChI is InChI=1S/C20H29N3O4/c1-11(2)16-10-23(22-21-16)17-13(4)15-7-6-12(3)14-8-9-19(5)25-18(24-17)20(14,15)27-26-19/h10,12-15,17-18H,1,6-9H2,2-5H3/t12-,13-,14+,15+,17-,18-,19-,20-/m1/s1. The maximum absolute atomic E-state index is 6.54. The third-order valence-electron chi connectivity index (χ3n) is 7.33. The largest absolute Gasteiger partial charge is 0.324 e. The summed E-state index contributed by atoms with van der Waals surface area (Å²) in [6, 6.07) is 0. The monoisotopic (exact) mass is 375 g/mol. The predicted octanol–water partition coefficient (Wildman–Crippen LogP) is 3.69. The lowest BCUT2D eigenvalue weighted by atomic mass is 9.58. The summed E-state index contributed by atoms with van der Waals surface area (Å²) in [7, 11) is 0. The maximum Gasteiger partial charge on any atom is 0.201 e. The summed E-state index contributed by atoms with van der Waals surface area (Å²) >= 11 is 0. The molecule has 7 heteroatoms. The van der Waals surface area contributed by atoms with Crippen LogP contribution in [0.15, 0.2) is 12.8 Å². The molecular formula is C20H29N3O4. The first kappa shape index (κ1) is 17.8. The Labute approximate surface area is 159 Å². The van der Waals surface area contributed by atoms with Crippen molar-refractivity contribution in [3.05, 3.63) is 18.5 Å². The quantitative estimate of drug-likeness (QED) is 0.735. The molecule has 5 heterocycles. The molecule has 0 aromatic carbocycles. The highest BCUT2D eigenvalue weighted by Crippen LogP contribution is 2.61. The van der Waals surface area contributed by atoms with Crippen LogP contribution in [0.4, 0.5) is 0 Å². The van der Waals surface area contributed by atoms with Crippen molar-refractivity contribution in [3.8, 4) is 0 Å². The molecule has 1 aliphatic carbocycles. The van der Waals surface area contributed by atoms with Crippen molar-refractivity contribution in [3.63, 3.8) is 0 Å². The fourth-order valence-corrected chi connectivity index (χ4v) is 5.79. The number of ether oxygens (including phenoxy) is 2. The van der Waals surface area contributed by atoms with Crippen molar-refractivity contribution in [2.24, 2.45) is 23.7 Å². The van der Waals surface area contributed by atoms with Crippen LogP contribution in [0, 0.1) is 23.7 Å². The topological polar surface area (TPSA) is 67.6 Å². The average molecular weight is 375 g/mol. The summed E-state index contributed by atoms with van der Waals surface area (Å²) in [5, 5.41) is 8.56. The highest BCUT2D eigenvalue weighted by molar-refractivity contribution is 5.56. The Morgan fingerprint density at radius 3 is 2.78 bits per heavy atom. The minimum absolute atomic E-state index is 0.200. The molecule has 0 N–H and O–H groups in total. The van der Waals surface area contributed by atoms with Gasteiger partial charge in [0.05, 0.1) is 6.20 Å². The molecule has 5 fully saturated rings. The van der Waals surface area contributed by atoms with Crippen molar-refractivity contribution in [1.82, 2.24) is 15.0 Å². The van der Waals surface area contributed by atoms with E-state index in [-0.39, 0.29) is 18.1 Å². The second kappa shape index (κ2) is 5.86. The van der Waals surface area contributed by atoms with Crippen LogP contribution >= 0.6 is 0 Å². The molecule has 4 aliphatic heterocycles. The summed E-state index contributed by atoms with van der Waals surface area (Å²) in [6.45, 7) is 12.4. The number of rotatable bonds is 2. The third-order valence-corrected chi connectivity index (χ3v) is 7.33. The highest BCUT2D eigenvalue weighted by Gasteiger charge is 2.69. The van der Waals surface area contributed by atoms with E-state index >= 15 is 0 Å². The van der Waals surface area contributed by atoms with Crippen molar-refractivity contribution in [2.45, 2.75) is 77.3 Å². The Bertz CT molecular complexity index is 766. The predicted molar refractivity (Wildman–Crippen MR) is 96.8 cm³/mol. The molecular weight excluding hydrogens is 346 g/mol. The zero-order valence-electron chi connectivity index (χ0n) is 16.6. The van der Waals surface area contributed by atoms with Crippen LogP contribution in [-0.2, 0) is 19.2 Å². The van der Waals surface area contributed by atoms with Gasteiger partial charge in [-0.15, -0.1) is 5.10 Å². The smallest absolute Gasteiger partial charge is 0.201 e. The summed E-state index contributed by atoms with van der Waals surface area (Å²) in [6.07, 6.45) is 5.32. The van der Waals surface area contributed by atoms with Crippen molar-refractivity contribution >= 4 is 5.57 Å². The van der Waals surface area contributed by atoms with E-state index in [0.29, 0.717) is 11.8 Å². The van der Waals surface area contributed by atoms with Gasteiger partial charge in [0.25, 0.3) is 0 Å². The zero-order valence-corrected chi connectivity index (χ0v) is 16.6. The third kappa shape index (κ3) is 2.41. The van der Waals surface area contributed by atoms with E-state index in [4.69, 9.17) is 19.2 Å². The Kier molecular flexibility index (Phi) is 3.86. The van der Waals surface area contributed by atoms with Gasteiger partial charge in [0.15, 0.2) is 18.1 Å². The van der Waals surface area contributed by atoms with Crippen LogP contribution < -0.4 is 0 Å². The minimum atomic E-state index is -0.756. The number of allylic oxidation sites excluding steroid dienone is 1. The lowest BCUT2D eigenvalue weighted by molar-refractivity contribution is -0.574. The molecule has 1 saturated carbocycles. The van der Waals surface area contributed by atoms with Crippen LogP contribution in [0.5, 0.6) is 0 Å². The van der Waals surface area contributed by atoms with E-state index in [1.165, 1.54) is 6.42 Å². The second-order valence-electron chi connectivity index (χ2n) is 9.16. The van der Waals surface area contributed by atoms with Gasteiger partial charge < -0.3 is 9.47 Å². The number of fused-ring (bicyclic) bond motifs is 2. The first-order chi connectivity index (χ1) is 12.8. The Morgan fingerprint density at radius 1 is 1.22 bits per heavy atom. The average Bonchev–Trinajstić information content (AvgIpc) is 3.01. The van der Waals surface area contributed by atoms with E-state index in [0.717, 1.165) is 30.5 Å². The molecule has 6 rings (SSSR count). The number of hydrogen-bond donors (Lipinski definition) is 0. The van der Waals surface area contributed by atoms with Gasteiger partial charge in [-0.05, 0) is 50.5 Å². The molecule has 1 spiro atoms. The second-order valence-corrected chi connectivity index (χ2v) is 9.16. The minimum Gasteiger partial charge on any atom is -0.324 e. The molecule has 5 aliphatic rings. The summed E-state index contributed by atoms with van der Waals surface area (Å²) in [4.78, 5) is 12.0. The van der Waals surface area contributed by atoms with E-state index in [9.17, 15) is 0 Å². The summed E-state index contributed by atoms with van der Waals surface area (Å²) in [5.41, 5.74) is 1.14. The maximum atomic E-state index is 6.54. The normalized spacial score (nSPS) is 48.7. The van der Waals surface area contributed by atoms with Gasteiger partial charge in [-0.2, -0.15) is 0 Å². The van der Waals surface area contributed by atoms with Gasteiger partial charge in [-0.25, -0.2) is 14.5 Å². The molecule has 4 saturated heterocycles. The molecule has 1 aromatic rings. The molecule has 8 atom stereocenters. The van der Waals surface area contributed by atoms with E-state index < -0.39 is 17.7 Å². The van der Waals surface area contributed by atoms with Crippen molar-refractivity contribution < 1.29 is 19.2 Å². The number of hydrogen-bond acceptors (Lipinski definition) is 6. The van der Waals surface area contributed by atoms with Crippen LogP contribution in [-0.4, -0.2) is 32.7 Å². The van der Waals surface area contributed by atoms with Crippen LogP contribution in [0.3, 0.4) is 0 Å². The van der Waals surface area contributed by atoms with Crippen molar-refractivity contribution in [2.75, 3.05) is 0 Å². The lowest BCUT2D eigenvalue weighted by Gasteiger charge is -2.60. The molecule has 2 bridgehead atoms. The van der Waals surface area contributed by atoms with Gasteiger partial charge in [-0.3, -0.25) is 0 Å². The van der Waals surface area contributed by atoms with Gasteiger partial charge in [0.2, 0.25) is 5.79 Å². The Morgan fingerprint density at radius 2 is 2.04 bits per heavy atom.